The second kappa shape index (κ2) is 3.98. The van der Waals surface area contributed by atoms with Gasteiger partial charge >= 0.3 is 0 Å². The highest BCUT2D eigenvalue weighted by atomic mass is 19.1. The first-order valence-corrected chi connectivity index (χ1v) is 5.00. The lowest BCUT2D eigenvalue weighted by Crippen LogP contribution is -2.29. The largest absolute Gasteiger partial charge is 0.322 e. The minimum Gasteiger partial charge on any atom is -0.322 e. The Morgan fingerprint density at radius 3 is 3.07 bits per heavy atom. The summed E-state index contributed by atoms with van der Waals surface area (Å²) in [6.45, 7) is 2.87. The fourth-order valence-corrected chi connectivity index (χ4v) is 1.87. The number of nitrogens with one attached hydrogen (secondary N) is 1. The van der Waals surface area contributed by atoms with E-state index in [0.29, 0.717) is 13.1 Å². The van der Waals surface area contributed by atoms with Gasteiger partial charge in [0, 0.05) is 6.54 Å². The molecule has 1 aromatic rings. The van der Waals surface area contributed by atoms with E-state index < -0.39 is 0 Å². The molecule has 0 aliphatic carbocycles. The molecule has 0 saturated carbocycles. The van der Waals surface area contributed by atoms with Gasteiger partial charge in [0.25, 0.3) is 0 Å². The van der Waals surface area contributed by atoms with Crippen LogP contribution in [0.5, 0.6) is 0 Å². The number of benzene rings is 1. The Kier molecular flexibility index (Phi) is 2.68. The van der Waals surface area contributed by atoms with Crippen molar-refractivity contribution in [3.63, 3.8) is 0 Å². The van der Waals surface area contributed by atoms with Crippen LogP contribution in [0.1, 0.15) is 18.7 Å². The number of carbonyl (C=O) groups excluding carboxylic acids is 1. The molecule has 1 aliphatic heterocycles. The van der Waals surface area contributed by atoms with Gasteiger partial charge < -0.3 is 4.90 Å². The third-order valence-electron chi connectivity index (χ3n) is 2.58. The summed E-state index contributed by atoms with van der Waals surface area (Å²) in [4.78, 5) is 13.1. The van der Waals surface area contributed by atoms with Crippen molar-refractivity contribution in [2.45, 2.75) is 13.1 Å². The first-order chi connectivity index (χ1) is 7.22. The number of amides is 1. The maximum atomic E-state index is 13.0. The van der Waals surface area contributed by atoms with E-state index in [1.807, 2.05) is 13.0 Å². The van der Waals surface area contributed by atoms with Gasteiger partial charge in [-0.05, 0) is 24.6 Å². The molecule has 0 spiro atoms. The molecule has 3 nitrogen and oxygen atoms in total. The quantitative estimate of drug-likeness (QED) is 0.794. The van der Waals surface area contributed by atoms with Gasteiger partial charge in [-0.25, -0.2) is 4.39 Å². The van der Waals surface area contributed by atoms with E-state index in [0.717, 1.165) is 5.56 Å². The first kappa shape index (κ1) is 10.1. The number of likely N-dealkylation sites (N-methyl/N-ethyl adjacent to an activating group) is 1. The zero-order valence-corrected chi connectivity index (χ0v) is 8.53. The summed E-state index contributed by atoms with van der Waals surface area (Å²) < 4.78 is 13.0. The summed E-state index contributed by atoms with van der Waals surface area (Å²) in [6.07, 6.45) is -0.182. The lowest BCUT2D eigenvalue weighted by molar-refractivity contribution is -0.127. The molecular weight excluding hydrogens is 195 g/mol. The number of rotatable bonds is 2. The van der Waals surface area contributed by atoms with Crippen molar-refractivity contribution in [1.29, 1.82) is 0 Å². The zero-order valence-electron chi connectivity index (χ0n) is 8.53. The molecule has 1 amide bonds. The summed E-state index contributed by atoms with van der Waals surface area (Å²) in [6, 6.07) is 6.33. The average molecular weight is 208 g/mol. The summed E-state index contributed by atoms with van der Waals surface area (Å²) in [5.41, 5.74) is 0.794. The van der Waals surface area contributed by atoms with Crippen molar-refractivity contribution < 1.29 is 9.18 Å². The molecule has 0 bridgehead atoms. The minimum absolute atomic E-state index is 0.0618. The van der Waals surface area contributed by atoms with Gasteiger partial charge in [-0.1, -0.05) is 12.1 Å². The van der Waals surface area contributed by atoms with Gasteiger partial charge in [-0.15, -0.1) is 0 Å². The van der Waals surface area contributed by atoms with Crippen LogP contribution in [0.2, 0.25) is 0 Å². The van der Waals surface area contributed by atoms with Crippen molar-refractivity contribution in [2.75, 3.05) is 13.1 Å². The smallest absolute Gasteiger partial charge is 0.238 e. The number of carbonyl (C=O) groups is 1. The van der Waals surface area contributed by atoms with Crippen molar-refractivity contribution in [1.82, 2.24) is 10.2 Å². The van der Waals surface area contributed by atoms with E-state index >= 15 is 0 Å². The van der Waals surface area contributed by atoms with Crippen LogP contribution in [0.25, 0.3) is 0 Å². The standard InChI is InChI=1S/C11H13FN2O/c1-2-14-10(15)7-13-11(14)8-4-3-5-9(12)6-8/h3-6,11,13H,2,7H2,1H3. The van der Waals surface area contributed by atoms with Crippen LogP contribution in [-0.2, 0) is 4.79 Å². The number of hydrogen-bond acceptors (Lipinski definition) is 2. The molecule has 1 N–H and O–H groups in total. The van der Waals surface area contributed by atoms with Crippen LogP contribution < -0.4 is 5.32 Å². The lowest BCUT2D eigenvalue weighted by Gasteiger charge is -2.22. The molecule has 1 aliphatic rings. The third kappa shape index (κ3) is 1.85. The molecule has 1 heterocycles. The van der Waals surface area contributed by atoms with E-state index in [2.05, 4.69) is 5.32 Å². The van der Waals surface area contributed by atoms with Crippen LogP contribution in [0, 0.1) is 5.82 Å². The van der Waals surface area contributed by atoms with Crippen molar-refractivity contribution in [2.24, 2.45) is 0 Å². The second-order valence-corrected chi connectivity index (χ2v) is 3.52. The number of halogens is 1. The van der Waals surface area contributed by atoms with Crippen LogP contribution >= 0.6 is 0 Å². The molecule has 1 unspecified atom stereocenters. The van der Waals surface area contributed by atoms with Gasteiger partial charge in [0.15, 0.2) is 0 Å². The van der Waals surface area contributed by atoms with E-state index in [1.54, 1.807) is 11.0 Å². The van der Waals surface area contributed by atoms with E-state index in [-0.39, 0.29) is 17.9 Å². The Balaban J connectivity index is 2.27. The lowest BCUT2D eigenvalue weighted by atomic mass is 10.1. The SMILES string of the molecule is CCN1C(=O)CNC1c1cccc(F)c1. The Morgan fingerprint density at radius 2 is 2.40 bits per heavy atom. The van der Waals surface area contributed by atoms with E-state index in [1.165, 1.54) is 12.1 Å². The second-order valence-electron chi connectivity index (χ2n) is 3.52. The Bertz CT molecular complexity index is 381. The van der Waals surface area contributed by atoms with Crippen LogP contribution in [0.3, 0.4) is 0 Å². The summed E-state index contributed by atoms with van der Waals surface area (Å²) in [5, 5.41) is 3.06. The molecule has 0 aromatic heterocycles. The third-order valence-corrected chi connectivity index (χ3v) is 2.58. The topological polar surface area (TPSA) is 32.3 Å². The predicted octanol–water partition coefficient (Wildman–Crippen LogP) is 1.28. The molecule has 15 heavy (non-hydrogen) atoms. The van der Waals surface area contributed by atoms with E-state index in [9.17, 15) is 9.18 Å². The van der Waals surface area contributed by atoms with Crippen LogP contribution in [0.4, 0.5) is 4.39 Å². The maximum Gasteiger partial charge on any atom is 0.238 e. The monoisotopic (exact) mass is 208 g/mol. The predicted molar refractivity (Wildman–Crippen MR) is 54.5 cm³/mol. The highest BCUT2D eigenvalue weighted by molar-refractivity contribution is 5.80. The fraction of sp³-hybridized carbons (Fsp3) is 0.364. The Morgan fingerprint density at radius 1 is 1.60 bits per heavy atom. The summed E-state index contributed by atoms with van der Waals surface area (Å²) >= 11 is 0. The van der Waals surface area contributed by atoms with Gasteiger partial charge in [0.1, 0.15) is 12.0 Å². The molecule has 80 valence electrons. The molecule has 2 rings (SSSR count). The van der Waals surface area contributed by atoms with Crippen LogP contribution in [-0.4, -0.2) is 23.9 Å². The average Bonchev–Trinajstić information content (AvgIpc) is 2.59. The van der Waals surface area contributed by atoms with Gasteiger partial charge in [-0.2, -0.15) is 0 Å². The molecule has 4 heteroatoms. The Labute approximate surface area is 87.9 Å². The molecule has 1 fully saturated rings. The number of nitrogens with zero attached hydrogens (tertiary/aromatic N) is 1. The molecule has 1 aromatic carbocycles. The molecule has 0 radical (unpaired) electrons. The van der Waals surface area contributed by atoms with Crippen molar-refractivity contribution in [3.05, 3.63) is 35.6 Å². The Hall–Kier alpha value is -1.42. The first-order valence-electron chi connectivity index (χ1n) is 5.00. The zero-order chi connectivity index (χ0) is 10.8. The van der Waals surface area contributed by atoms with Gasteiger partial charge in [0.05, 0.1) is 6.54 Å². The molecular formula is C11H13FN2O. The highest BCUT2D eigenvalue weighted by Gasteiger charge is 2.30. The number of hydrogen-bond donors (Lipinski definition) is 1. The van der Waals surface area contributed by atoms with Gasteiger partial charge in [0.2, 0.25) is 5.91 Å². The van der Waals surface area contributed by atoms with Crippen molar-refractivity contribution >= 4 is 5.91 Å². The fourth-order valence-electron chi connectivity index (χ4n) is 1.87. The maximum absolute atomic E-state index is 13.0. The normalized spacial score (nSPS) is 21.1. The summed E-state index contributed by atoms with van der Waals surface area (Å²) in [7, 11) is 0. The van der Waals surface area contributed by atoms with Gasteiger partial charge in [-0.3, -0.25) is 10.1 Å². The molecule has 1 saturated heterocycles. The molecule has 1 atom stereocenters. The van der Waals surface area contributed by atoms with Crippen LogP contribution in [0.15, 0.2) is 24.3 Å². The van der Waals surface area contributed by atoms with E-state index in [4.69, 9.17) is 0 Å². The highest BCUT2D eigenvalue weighted by Crippen LogP contribution is 2.22. The minimum atomic E-state index is -0.273. The summed E-state index contributed by atoms with van der Waals surface area (Å²) in [5.74, 6) is -0.212. The van der Waals surface area contributed by atoms with Crippen molar-refractivity contribution in [3.8, 4) is 0 Å².